The normalized spacial score (nSPS) is 14.7. The molecule has 6 rings (SSSR count). The fraction of sp³-hybridized carbons (Fsp3) is 0.172. The first-order chi connectivity index (χ1) is 18.4. The van der Waals surface area contributed by atoms with E-state index in [2.05, 4.69) is 10.2 Å². The molecule has 0 radical (unpaired) electrons. The number of aromatic nitrogens is 2. The monoisotopic (exact) mass is 525 g/mol. The van der Waals surface area contributed by atoms with Crippen molar-refractivity contribution in [3.8, 4) is 11.5 Å². The standard InChI is InChI=1S/C29H23N3O5S/c1-16-9-11-21-20(13-16)26(33)24-25(32(28(34)27(24)37-21)29-31-30-17(2)38-29)19-10-12-22(23(14-19)35-3)36-15-18-7-5-4-6-8-18/h4-14,25H,15H2,1-3H3. The number of hydrogen-bond acceptors (Lipinski definition) is 8. The molecule has 1 aliphatic heterocycles. The third-order valence-electron chi connectivity index (χ3n) is 6.49. The van der Waals surface area contributed by atoms with Crippen LogP contribution in [0.2, 0.25) is 0 Å². The van der Waals surface area contributed by atoms with Gasteiger partial charge in [0.2, 0.25) is 10.9 Å². The Bertz CT molecular complexity index is 1750. The Labute approximate surface area is 222 Å². The zero-order valence-corrected chi connectivity index (χ0v) is 21.7. The number of aryl methyl sites for hydroxylation is 2. The van der Waals surface area contributed by atoms with E-state index in [9.17, 15) is 9.59 Å². The van der Waals surface area contributed by atoms with Gasteiger partial charge in [0.25, 0.3) is 5.91 Å². The summed E-state index contributed by atoms with van der Waals surface area (Å²) in [6.45, 7) is 4.09. The second-order valence-electron chi connectivity index (χ2n) is 9.04. The lowest BCUT2D eigenvalue weighted by molar-refractivity contribution is 0.0970. The summed E-state index contributed by atoms with van der Waals surface area (Å²) in [4.78, 5) is 29.0. The highest BCUT2D eigenvalue weighted by molar-refractivity contribution is 7.15. The molecule has 9 heteroatoms. The molecule has 5 aromatic rings. The van der Waals surface area contributed by atoms with Crippen molar-refractivity contribution in [1.82, 2.24) is 10.2 Å². The van der Waals surface area contributed by atoms with E-state index < -0.39 is 11.9 Å². The van der Waals surface area contributed by atoms with Crippen LogP contribution in [0, 0.1) is 13.8 Å². The van der Waals surface area contributed by atoms with Crippen molar-refractivity contribution in [2.45, 2.75) is 26.5 Å². The number of hydrogen-bond donors (Lipinski definition) is 0. The van der Waals surface area contributed by atoms with Gasteiger partial charge in [0.05, 0.1) is 24.1 Å². The van der Waals surface area contributed by atoms with Crippen LogP contribution in [0.1, 0.15) is 43.9 Å². The Balaban J connectivity index is 1.49. The highest BCUT2D eigenvalue weighted by Gasteiger charge is 2.45. The van der Waals surface area contributed by atoms with Crippen LogP contribution in [0.15, 0.2) is 75.9 Å². The lowest BCUT2D eigenvalue weighted by atomic mass is 9.98. The summed E-state index contributed by atoms with van der Waals surface area (Å²) in [7, 11) is 1.55. The predicted molar refractivity (Wildman–Crippen MR) is 144 cm³/mol. The lowest BCUT2D eigenvalue weighted by Gasteiger charge is -2.23. The Morgan fingerprint density at radius 1 is 0.974 bits per heavy atom. The van der Waals surface area contributed by atoms with E-state index in [4.69, 9.17) is 13.9 Å². The maximum absolute atomic E-state index is 13.8. The predicted octanol–water partition coefficient (Wildman–Crippen LogP) is 5.60. The van der Waals surface area contributed by atoms with E-state index in [1.54, 1.807) is 31.4 Å². The minimum absolute atomic E-state index is 0.00702. The Hall–Kier alpha value is -4.50. The first-order valence-electron chi connectivity index (χ1n) is 12.0. The van der Waals surface area contributed by atoms with Crippen LogP contribution in [0.4, 0.5) is 5.13 Å². The third-order valence-corrected chi connectivity index (χ3v) is 7.33. The summed E-state index contributed by atoms with van der Waals surface area (Å²) in [6.07, 6.45) is 0. The smallest absolute Gasteiger partial charge is 0.297 e. The largest absolute Gasteiger partial charge is 0.493 e. The molecule has 0 bridgehead atoms. The van der Waals surface area contributed by atoms with Crippen LogP contribution in [0.3, 0.4) is 0 Å². The molecule has 2 aromatic heterocycles. The Morgan fingerprint density at radius 2 is 1.79 bits per heavy atom. The number of anilines is 1. The van der Waals surface area contributed by atoms with Crippen molar-refractivity contribution < 1.29 is 18.7 Å². The maximum Gasteiger partial charge on any atom is 0.297 e. The van der Waals surface area contributed by atoms with Crippen molar-refractivity contribution in [2.75, 3.05) is 12.0 Å². The minimum atomic E-state index is -0.775. The van der Waals surface area contributed by atoms with Gasteiger partial charge in [-0.2, -0.15) is 0 Å². The number of carbonyl (C=O) groups excluding carboxylic acids is 1. The van der Waals surface area contributed by atoms with Crippen molar-refractivity contribution in [3.05, 3.63) is 110 Å². The van der Waals surface area contributed by atoms with Crippen LogP contribution in [-0.4, -0.2) is 23.2 Å². The fourth-order valence-electron chi connectivity index (χ4n) is 4.69. The molecule has 8 nitrogen and oxygen atoms in total. The highest BCUT2D eigenvalue weighted by Crippen LogP contribution is 2.44. The van der Waals surface area contributed by atoms with Crippen LogP contribution in [0.5, 0.6) is 11.5 Å². The third kappa shape index (κ3) is 4.01. The summed E-state index contributed by atoms with van der Waals surface area (Å²) in [5.41, 5.74) is 2.98. The molecule has 38 heavy (non-hydrogen) atoms. The van der Waals surface area contributed by atoms with Gasteiger partial charge < -0.3 is 13.9 Å². The molecular formula is C29H23N3O5S. The van der Waals surface area contributed by atoms with Crippen LogP contribution in [0.25, 0.3) is 11.0 Å². The number of nitrogens with zero attached hydrogens (tertiary/aromatic N) is 3. The van der Waals surface area contributed by atoms with Gasteiger partial charge in [-0.1, -0.05) is 59.4 Å². The van der Waals surface area contributed by atoms with Gasteiger partial charge in [-0.3, -0.25) is 14.5 Å². The summed E-state index contributed by atoms with van der Waals surface area (Å²) in [6, 6.07) is 19.8. The molecule has 1 aliphatic rings. The number of fused-ring (bicyclic) bond motifs is 2. The first-order valence-corrected chi connectivity index (χ1v) is 12.8. The quantitative estimate of drug-likeness (QED) is 0.285. The molecule has 190 valence electrons. The number of methoxy groups -OCH3 is 1. The van der Waals surface area contributed by atoms with Gasteiger partial charge in [0.15, 0.2) is 16.9 Å². The van der Waals surface area contributed by atoms with Gasteiger partial charge in [-0.05, 0) is 49.2 Å². The van der Waals surface area contributed by atoms with Gasteiger partial charge in [0, 0.05) is 0 Å². The van der Waals surface area contributed by atoms with E-state index in [1.807, 2.05) is 56.3 Å². The van der Waals surface area contributed by atoms with E-state index in [0.29, 0.717) is 44.8 Å². The Kier molecular flexibility index (Phi) is 5.92. The first kappa shape index (κ1) is 23.9. The van der Waals surface area contributed by atoms with Crippen molar-refractivity contribution in [3.63, 3.8) is 0 Å². The van der Waals surface area contributed by atoms with Gasteiger partial charge in [-0.25, -0.2) is 0 Å². The number of carbonyl (C=O) groups is 1. The molecule has 0 fully saturated rings. The number of rotatable bonds is 6. The second kappa shape index (κ2) is 9.42. The Morgan fingerprint density at radius 3 is 2.53 bits per heavy atom. The van der Waals surface area contributed by atoms with Crippen molar-refractivity contribution in [1.29, 1.82) is 0 Å². The summed E-state index contributed by atoms with van der Waals surface area (Å²) < 4.78 is 17.7. The zero-order chi connectivity index (χ0) is 26.4. The summed E-state index contributed by atoms with van der Waals surface area (Å²) >= 11 is 1.27. The fourth-order valence-corrected chi connectivity index (χ4v) is 5.41. The number of ether oxygens (including phenoxy) is 2. The molecule has 3 heterocycles. The molecule has 1 amide bonds. The summed E-state index contributed by atoms with van der Waals surface area (Å²) in [5.74, 6) is 0.592. The molecule has 1 unspecified atom stereocenters. The molecular weight excluding hydrogens is 502 g/mol. The van der Waals surface area contributed by atoms with Crippen molar-refractivity contribution in [2.24, 2.45) is 0 Å². The van der Waals surface area contributed by atoms with E-state index in [1.165, 1.54) is 16.2 Å². The molecule has 3 aromatic carbocycles. The molecule has 0 spiro atoms. The van der Waals surface area contributed by atoms with Crippen LogP contribution < -0.4 is 19.8 Å². The lowest BCUT2D eigenvalue weighted by Crippen LogP contribution is -2.29. The average Bonchev–Trinajstić information content (AvgIpc) is 3.49. The van der Waals surface area contributed by atoms with Gasteiger partial charge in [-0.15, -0.1) is 10.2 Å². The van der Waals surface area contributed by atoms with E-state index in [-0.39, 0.29) is 16.8 Å². The number of amides is 1. The second-order valence-corrected chi connectivity index (χ2v) is 10.2. The SMILES string of the molecule is COc1cc(C2c3c(oc4ccc(C)cc4c3=O)C(=O)N2c2nnc(C)s2)ccc1OCc1ccccc1. The van der Waals surface area contributed by atoms with Crippen molar-refractivity contribution >= 4 is 33.3 Å². The average molecular weight is 526 g/mol. The minimum Gasteiger partial charge on any atom is -0.493 e. The topological polar surface area (TPSA) is 94.8 Å². The maximum atomic E-state index is 13.8. The van der Waals surface area contributed by atoms with Crippen LogP contribution in [-0.2, 0) is 6.61 Å². The van der Waals surface area contributed by atoms with Crippen LogP contribution >= 0.6 is 11.3 Å². The molecule has 0 aliphatic carbocycles. The van der Waals surface area contributed by atoms with E-state index >= 15 is 0 Å². The highest BCUT2D eigenvalue weighted by atomic mass is 32.1. The molecule has 1 atom stereocenters. The van der Waals surface area contributed by atoms with Gasteiger partial charge >= 0.3 is 0 Å². The molecule has 0 saturated heterocycles. The number of benzene rings is 3. The summed E-state index contributed by atoms with van der Waals surface area (Å²) in [5, 5.41) is 9.82. The molecule has 0 N–H and O–H groups in total. The zero-order valence-electron chi connectivity index (χ0n) is 20.9. The van der Waals surface area contributed by atoms with Gasteiger partial charge in [0.1, 0.15) is 17.2 Å². The van der Waals surface area contributed by atoms with E-state index in [0.717, 1.165) is 11.1 Å². The molecule has 0 saturated carbocycles.